The first-order valence-corrected chi connectivity index (χ1v) is 9.76. The SMILES string of the molecule is N#CC1CCN(S(=O)(=O)c2ccc(N3CCCCC3=O)cc2)CC1. The van der Waals surface area contributed by atoms with Gasteiger partial charge in [0.15, 0.2) is 0 Å². The number of piperidine rings is 2. The zero-order valence-electron chi connectivity index (χ0n) is 13.5. The molecule has 0 atom stereocenters. The van der Waals surface area contributed by atoms with Crippen LogP contribution < -0.4 is 4.90 Å². The topological polar surface area (TPSA) is 81.5 Å². The van der Waals surface area contributed by atoms with Crippen LogP contribution in [0.5, 0.6) is 0 Å². The smallest absolute Gasteiger partial charge is 0.243 e. The lowest BCUT2D eigenvalue weighted by Gasteiger charge is -2.29. The average Bonchev–Trinajstić information content (AvgIpc) is 2.62. The number of hydrogen-bond acceptors (Lipinski definition) is 4. The van der Waals surface area contributed by atoms with Gasteiger partial charge in [0, 0.05) is 37.7 Å². The van der Waals surface area contributed by atoms with Crippen LogP contribution in [0.25, 0.3) is 0 Å². The number of carbonyl (C=O) groups is 1. The highest BCUT2D eigenvalue weighted by atomic mass is 32.2. The Hall–Kier alpha value is -1.91. The number of nitriles is 1. The molecule has 0 saturated carbocycles. The normalized spacial score (nSPS) is 20.8. The van der Waals surface area contributed by atoms with Gasteiger partial charge >= 0.3 is 0 Å². The van der Waals surface area contributed by atoms with Gasteiger partial charge in [0.05, 0.1) is 11.0 Å². The Morgan fingerprint density at radius 1 is 1.04 bits per heavy atom. The Morgan fingerprint density at radius 2 is 1.71 bits per heavy atom. The highest BCUT2D eigenvalue weighted by molar-refractivity contribution is 7.89. The molecule has 0 aromatic heterocycles. The quantitative estimate of drug-likeness (QED) is 0.839. The largest absolute Gasteiger partial charge is 0.312 e. The van der Waals surface area contributed by atoms with Gasteiger partial charge in [-0.05, 0) is 49.9 Å². The second kappa shape index (κ2) is 6.91. The van der Waals surface area contributed by atoms with Crippen LogP contribution in [0, 0.1) is 17.2 Å². The van der Waals surface area contributed by atoms with Gasteiger partial charge in [0.1, 0.15) is 0 Å². The van der Waals surface area contributed by atoms with Crippen molar-refractivity contribution < 1.29 is 13.2 Å². The zero-order valence-corrected chi connectivity index (χ0v) is 14.3. The summed E-state index contributed by atoms with van der Waals surface area (Å²) in [6.45, 7) is 1.45. The van der Waals surface area contributed by atoms with Crippen molar-refractivity contribution in [2.45, 2.75) is 37.0 Å². The van der Waals surface area contributed by atoms with Crippen molar-refractivity contribution in [2.75, 3.05) is 24.5 Å². The first kappa shape index (κ1) is 16.9. The summed E-state index contributed by atoms with van der Waals surface area (Å²) in [5, 5.41) is 8.92. The van der Waals surface area contributed by atoms with Crippen LogP contribution in [-0.2, 0) is 14.8 Å². The third-order valence-electron chi connectivity index (χ3n) is 4.75. The Kier molecular flexibility index (Phi) is 4.88. The number of hydrogen-bond donors (Lipinski definition) is 0. The molecule has 128 valence electrons. The molecule has 7 heteroatoms. The summed E-state index contributed by atoms with van der Waals surface area (Å²) in [4.78, 5) is 13.9. The maximum atomic E-state index is 12.7. The number of sulfonamides is 1. The molecule has 3 rings (SSSR count). The summed E-state index contributed by atoms with van der Waals surface area (Å²) in [5.41, 5.74) is 0.752. The third kappa shape index (κ3) is 3.30. The van der Waals surface area contributed by atoms with E-state index in [4.69, 9.17) is 5.26 Å². The van der Waals surface area contributed by atoms with Crippen molar-refractivity contribution in [1.82, 2.24) is 4.31 Å². The van der Waals surface area contributed by atoms with Crippen LogP contribution in [0.2, 0.25) is 0 Å². The Bertz CT molecular complexity index is 744. The minimum absolute atomic E-state index is 0.0519. The maximum Gasteiger partial charge on any atom is 0.243 e. The fraction of sp³-hybridized carbons (Fsp3) is 0.529. The number of carbonyl (C=O) groups excluding carboxylic acids is 1. The number of rotatable bonds is 3. The predicted octanol–water partition coefficient (Wildman–Crippen LogP) is 2.13. The monoisotopic (exact) mass is 347 g/mol. The molecule has 6 nitrogen and oxygen atoms in total. The van der Waals surface area contributed by atoms with Crippen molar-refractivity contribution >= 4 is 21.6 Å². The van der Waals surface area contributed by atoms with Gasteiger partial charge in [-0.15, -0.1) is 0 Å². The van der Waals surface area contributed by atoms with Gasteiger partial charge in [0.25, 0.3) is 0 Å². The molecule has 1 aromatic carbocycles. The summed E-state index contributed by atoms with van der Waals surface area (Å²) >= 11 is 0. The molecule has 2 heterocycles. The molecule has 1 aromatic rings. The summed E-state index contributed by atoms with van der Waals surface area (Å²) in [7, 11) is -3.53. The molecule has 0 spiro atoms. The average molecular weight is 347 g/mol. The minimum Gasteiger partial charge on any atom is -0.312 e. The number of anilines is 1. The first-order valence-electron chi connectivity index (χ1n) is 8.32. The lowest BCUT2D eigenvalue weighted by Crippen LogP contribution is -2.38. The summed E-state index contributed by atoms with van der Waals surface area (Å²) in [5.74, 6) is 0.0411. The number of benzene rings is 1. The van der Waals surface area contributed by atoms with Crippen LogP contribution >= 0.6 is 0 Å². The number of amides is 1. The third-order valence-corrected chi connectivity index (χ3v) is 6.66. The summed E-state index contributed by atoms with van der Waals surface area (Å²) in [6.07, 6.45) is 3.60. The van der Waals surface area contributed by atoms with E-state index < -0.39 is 10.0 Å². The van der Waals surface area contributed by atoms with Gasteiger partial charge in [-0.3, -0.25) is 4.79 Å². The van der Waals surface area contributed by atoms with E-state index in [0.29, 0.717) is 38.9 Å². The van der Waals surface area contributed by atoms with E-state index in [9.17, 15) is 13.2 Å². The molecular weight excluding hydrogens is 326 g/mol. The van der Waals surface area contributed by atoms with Gasteiger partial charge in [-0.2, -0.15) is 9.57 Å². The second-order valence-electron chi connectivity index (χ2n) is 6.30. The first-order chi connectivity index (χ1) is 11.5. The van der Waals surface area contributed by atoms with Gasteiger partial charge < -0.3 is 4.90 Å². The molecule has 24 heavy (non-hydrogen) atoms. The molecule has 2 fully saturated rings. The lowest BCUT2D eigenvalue weighted by molar-refractivity contribution is -0.119. The molecule has 0 N–H and O–H groups in total. The lowest BCUT2D eigenvalue weighted by atomic mass is 10.0. The Morgan fingerprint density at radius 3 is 2.29 bits per heavy atom. The molecule has 0 aliphatic carbocycles. The standard InChI is InChI=1S/C17H21N3O3S/c18-13-14-8-11-19(12-9-14)24(22,23)16-6-4-15(5-7-16)20-10-2-1-3-17(20)21/h4-7,14H,1-3,8-12H2. The molecular formula is C17H21N3O3S. The molecule has 2 aliphatic heterocycles. The maximum absolute atomic E-state index is 12.7. The van der Waals surface area contributed by atoms with Crippen molar-refractivity contribution in [3.63, 3.8) is 0 Å². The van der Waals surface area contributed by atoms with E-state index in [1.165, 1.54) is 4.31 Å². The van der Waals surface area contributed by atoms with Crippen molar-refractivity contribution in [2.24, 2.45) is 5.92 Å². The van der Waals surface area contributed by atoms with Crippen molar-refractivity contribution in [3.8, 4) is 6.07 Å². The van der Waals surface area contributed by atoms with Crippen LogP contribution in [0.1, 0.15) is 32.1 Å². The van der Waals surface area contributed by atoms with Crippen LogP contribution in [0.3, 0.4) is 0 Å². The highest BCUT2D eigenvalue weighted by Crippen LogP contribution is 2.26. The predicted molar refractivity (Wildman–Crippen MR) is 89.7 cm³/mol. The van der Waals surface area contributed by atoms with Crippen LogP contribution in [0.15, 0.2) is 29.2 Å². The number of nitrogens with zero attached hydrogens (tertiary/aromatic N) is 3. The van der Waals surface area contributed by atoms with Crippen molar-refractivity contribution in [1.29, 1.82) is 5.26 Å². The van der Waals surface area contributed by atoms with Gasteiger partial charge in [-0.25, -0.2) is 8.42 Å². The highest BCUT2D eigenvalue weighted by Gasteiger charge is 2.29. The molecule has 0 unspecified atom stereocenters. The van der Waals surface area contributed by atoms with E-state index in [-0.39, 0.29) is 16.7 Å². The van der Waals surface area contributed by atoms with Gasteiger partial charge in [0.2, 0.25) is 15.9 Å². The fourth-order valence-electron chi connectivity index (χ4n) is 3.25. The summed E-state index contributed by atoms with van der Waals surface area (Å²) in [6, 6.07) is 8.76. The van der Waals surface area contributed by atoms with E-state index in [1.54, 1.807) is 29.2 Å². The van der Waals surface area contributed by atoms with E-state index in [2.05, 4.69) is 6.07 Å². The van der Waals surface area contributed by atoms with E-state index in [1.807, 2.05) is 0 Å². The van der Waals surface area contributed by atoms with Gasteiger partial charge in [-0.1, -0.05) is 0 Å². The van der Waals surface area contributed by atoms with Crippen LogP contribution in [-0.4, -0.2) is 38.3 Å². The second-order valence-corrected chi connectivity index (χ2v) is 8.24. The molecule has 0 bridgehead atoms. The van der Waals surface area contributed by atoms with E-state index >= 15 is 0 Å². The zero-order chi connectivity index (χ0) is 17.2. The molecule has 0 radical (unpaired) electrons. The fourth-order valence-corrected chi connectivity index (χ4v) is 4.72. The molecule has 1 amide bonds. The Balaban J connectivity index is 1.75. The summed E-state index contributed by atoms with van der Waals surface area (Å²) < 4.78 is 26.8. The van der Waals surface area contributed by atoms with Crippen molar-refractivity contribution in [3.05, 3.63) is 24.3 Å². The minimum atomic E-state index is -3.53. The van der Waals surface area contributed by atoms with E-state index in [0.717, 1.165) is 18.5 Å². The van der Waals surface area contributed by atoms with Crippen LogP contribution in [0.4, 0.5) is 5.69 Å². The molecule has 2 saturated heterocycles. The molecule has 2 aliphatic rings. The Labute approximate surface area is 142 Å².